The lowest BCUT2D eigenvalue weighted by Gasteiger charge is -2.10. The van der Waals surface area contributed by atoms with Gasteiger partial charge in [0.2, 0.25) is 10.0 Å². The molecule has 0 bridgehead atoms. The Labute approximate surface area is 88.6 Å². The zero-order chi connectivity index (χ0) is 11.5. The molecule has 0 N–H and O–H groups in total. The lowest BCUT2D eigenvalue weighted by Crippen LogP contribution is -2.22. The molecule has 1 aromatic carbocycles. The molecule has 5 nitrogen and oxygen atoms in total. The van der Waals surface area contributed by atoms with Crippen LogP contribution in [0.3, 0.4) is 0 Å². The highest BCUT2D eigenvalue weighted by atomic mass is 32.2. The third kappa shape index (κ3) is 2.50. The van der Waals surface area contributed by atoms with Crippen molar-refractivity contribution in [3.05, 3.63) is 35.4 Å². The van der Waals surface area contributed by atoms with Gasteiger partial charge in [0.25, 0.3) is 6.21 Å². The third-order valence-corrected chi connectivity index (χ3v) is 3.69. The molecule has 6 heteroatoms. The van der Waals surface area contributed by atoms with Crippen molar-refractivity contribution in [2.75, 3.05) is 14.1 Å². The number of hydrogen-bond donors (Lipinski definition) is 0. The molecule has 15 heavy (non-hydrogen) atoms. The number of benzene rings is 1. The fourth-order valence-electron chi connectivity index (χ4n) is 1.00. The summed E-state index contributed by atoms with van der Waals surface area (Å²) < 4.78 is 24.4. The van der Waals surface area contributed by atoms with Crippen molar-refractivity contribution in [3.8, 4) is 0 Å². The van der Waals surface area contributed by atoms with Crippen LogP contribution in [0, 0.1) is 0 Å². The SMILES string of the molecule is CN(C)S(=O)(=O)c1ccc(C=[N+]=[N-])cc1. The Morgan fingerprint density at radius 3 is 2.20 bits per heavy atom. The molecular formula is C9H11N3O2S. The van der Waals surface area contributed by atoms with Crippen LogP contribution >= 0.6 is 0 Å². The molecule has 0 saturated carbocycles. The molecule has 80 valence electrons. The van der Waals surface area contributed by atoms with Crippen molar-refractivity contribution in [2.24, 2.45) is 0 Å². The molecule has 0 aromatic heterocycles. The zero-order valence-electron chi connectivity index (χ0n) is 8.45. The summed E-state index contributed by atoms with van der Waals surface area (Å²) in [6, 6.07) is 6.06. The lowest BCUT2D eigenvalue weighted by molar-refractivity contribution is 0.00456. The van der Waals surface area contributed by atoms with Crippen LogP contribution < -0.4 is 0 Å². The minimum Gasteiger partial charge on any atom is -0.361 e. The van der Waals surface area contributed by atoms with E-state index in [1.807, 2.05) is 0 Å². The molecule has 0 aliphatic heterocycles. The summed E-state index contributed by atoms with van der Waals surface area (Å²) in [6.07, 6.45) is 1.23. The van der Waals surface area contributed by atoms with Crippen molar-refractivity contribution in [1.29, 1.82) is 0 Å². The van der Waals surface area contributed by atoms with Gasteiger partial charge in [-0.25, -0.2) is 12.7 Å². The van der Waals surface area contributed by atoms with Gasteiger partial charge in [-0.1, -0.05) is 0 Å². The van der Waals surface area contributed by atoms with E-state index in [0.29, 0.717) is 5.56 Å². The maximum absolute atomic E-state index is 11.6. The van der Waals surface area contributed by atoms with Crippen LogP contribution in [0.1, 0.15) is 5.56 Å². The van der Waals surface area contributed by atoms with E-state index in [4.69, 9.17) is 5.53 Å². The minimum atomic E-state index is -3.38. The summed E-state index contributed by atoms with van der Waals surface area (Å²) in [5.74, 6) is 0. The molecule has 1 aromatic rings. The Hall–Kier alpha value is -1.49. The van der Waals surface area contributed by atoms with Crippen LogP contribution in [0.4, 0.5) is 0 Å². The summed E-state index contributed by atoms with van der Waals surface area (Å²) in [4.78, 5) is 3.06. The average molecular weight is 225 g/mol. The van der Waals surface area contributed by atoms with E-state index >= 15 is 0 Å². The highest BCUT2D eigenvalue weighted by molar-refractivity contribution is 7.89. The van der Waals surface area contributed by atoms with Crippen LogP contribution in [-0.2, 0) is 10.0 Å². The maximum atomic E-state index is 11.6. The van der Waals surface area contributed by atoms with E-state index in [1.54, 1.807) is 12.1 Å². The molecule has 0 saturated heterocycles. The first-order chi connectivity index (χ1) is 6.98. The fourth-order valence-corrected chi connectivity index (χ4v) is 1.91. The largest absolute Gasteiger partial charge is 0.361 e. The Kier molecular flexibility index (Phi) is 3.36. The molecule has 0 heterocycles. The van der Waals surface area contributed by atoms with Crippen molar-refractivity contribution < 1.29 is 13.2 Å². The molecule has 1 rings (SSSR count). The zero-order valence-corrected chi connectivity index (χ0v) is 9.27. The van der Waals surface area contributed by atoms with Gasteiger partial charge >= 0.3 is 0 Å². The molecule has 0 unspecified atom stereocenters. The monoisotopic (exact) mass is 225 g/mol. The topological polar surface area (TPSA) is 73.8 Å². The van der Waals surface area contributed by atoms with E-state index in [0.717, 1.165) is 4.31 Å². The first-order valence-corrected chi connectivity index (χ1v) is 5.62. The van der Waals surface area contributed by atoms with Crippen LogP contribution in [0.5, 0.6) is 0 Å². The van der Waals surface area contributed by atoms with E-state index in [9.17, 15) is 8.42 Å². The fraction of sp³-hybridized carbons (Fsp3) is 0.222. The van der Waals surface area contributed by atoms with E-state index in [1.165, 1.54) is 32.4 Å². The third-order valence-electron chi connectivity index (χ3n) is 1.87. The smallest absolute Gasteiger partial charge is 0.287 e. The Morgan fingerprint density at radius 2 is 1.80 bits per heavy atom. The Morgan fingerprint density at radius 1 is 1.27 bits per heavy atom. The molecule has 0 atom stereocenters. The van der Waals surface area contributed by atoms with Gasteiger partial charge in [-0.05, 0) is 24.3 Å². The molecule has 0 spiro atoms. The van der Waals surface area contributed by atoms with Crippen molar-refractivity contribution in [2.45, 2.75) is 4.90 Å². The number of rotatable bonds is 3. The van der Waals surface area contributed by atoms with Crippen LogP contribution in [0.25, 0.3) is 5.53 Å². The second-order valence-corrected chi connectivity index (χ2v) is 5.25. The quantitative estimate of drug-likeness (QED) is 0.429. The highest BCUT2D eigenvalue weighted by Gasteiger charge is 2.16. The number of sulfonamides is 1. The minimum absolute atomic E-state index is 0.211. The summed E-state index contributed by atoms with van der Waals surface area (Å²) in [7, 11) is -0.441. The van der Waals surface area contributed by atoms with E-state index < -0.39 is 10.0 Å². The van der Waals surface area contributed by atoms with Gasteiger partial charge in [0.15, 0.2) is 0 Å². The Bertz CT molecular complexity index is 485. The lowest BCUT2D eigenvalue weighted by atomic mass is 10.2. The van der Waals surface area contributed by atoms with Gasteiger partial charge in [-0.15, -0.1) is 0 Å². The number of nitrogens with zero attached hydrogens (tertiary/aromatic N) is 3. The van der Waals surface area contributed by atoms with Gasteiger partial charge < -0.3 is 5.53 Å². The van der Waals surface area contributed by atoms with Gasteiger partial charge in [0.05, 0.1) is 10.5 Å². The molecule has 0 amide bonds. The molecule has 0 radical (unpaired) electrons. The summed E-state index contributed by atoms with van der Waals surface area (Å²) >= 11 is 0. The second-order valence-electron chi connectivity index (χ2n) is 3.10. The molecule has 0 fully saturated rings. The average Bonchev–Trinajstić information content (AvgIpc) is 2.19. The summed E-state index contributed by atoms with van der Waals surface area (Å²) in [6.45, 7) is 0. The van der Waals surface area contributed by atoms with E-state index in [2.05, 4.69) is 4.79 Å². The normalized spacial score (nSPS) is 11.1. The Balaban J connectivity index is 3.15. The van der Waals surface area contributed by atoms with Gasteiger partial charge in [0.1, 0.15) is 0 Å². The predicted octanol–water partition coefficient (Wildman–Crippen LogP) is 0.586. The van der Waals surface area contributed by atoms with Crippen LogP contribution in [-0.4, -0.2) is 37.8 Å². The van der Waals surface area contributed by atoms with Gasteiger partial charge in [-0.3, -0.25) is 0 Å². The highest BCUT2D eigenvalue weighted by Crippen LogP contribution is 2.12. The molecule has 0 aliphatic rings. The van der Waals surface area contributed by atoms with E-state index in [-0.39, 0.29) is 4.90 Å². The van der Waals surface area contributed by atoms with Crippen LogP contribution in [0.15, 0.2) is 29.2 Å². The first-order valence-electron chi connectivity index (χ1n) is 4.18. The van der Waals surface area contributed by atoms with Crippen LogP contribution in [0.2, 0.25) is 0 Å². The summed E-state index contributed by atoms with van der Waals surface area (Å²) in [5, 5.41) is 0. The van der Waals surface area contributed by atoms with Crippen molar-refractivity contribution in [3.63, 3.8) is 0 Å². The molecular weight excluding hydrogens is 214 g/mol. The van der Waals surface area contributed by atoms with Crippen molar-refractivity contribution in [1.82, 2.24) is 4.31 Å². The molecule has 0 aliphatic carbocycles. The predicted molar refractivity (Wildman–Crippen MR) is 56.1 cm³/mol. The first kappa shape index (κ1) is 11.6. The maximum Gasteiger partial charge on any atom is 0.287 e. The second kappa shape index (κ2) is 4.35. The standard InChI is InChI=1S/C9H11N3O2S/c1-12(2)15(13,14)9-5-3-8(4-6-9)7-11-10/h3-7H,1-2H3. The number of hydrogen-bond acceptors (Lipinski definition) is 2. The summed E-state index contributed by atoms with van der Waals surface area (Å²) in [5.41, 5.74) is 8.91. The van der Waals surface area contributed by atoms with Gasteiger partial charge in [0, 0.05) is 14.1 Å². The van der Waals surface area contributed by atoms with Gasteiger partial charge in [-0.2, -0.15) is 4.79 Å². The van der Waals surface area contributed by atoms with Crippen molar-refractivity contribution >= 4 is 16.2 Å².